The van der Waals surface area contributed by atoms with Gasteiger partial charge in [-0.2, -0.15) is 12.7 Å². The lowest BCUT2D eigenvalue weighted by molar-refractivity contribution is -0.140. The summed E-state index contributed by atoms with van der Waals surface area (Å²) in [6.45, 7) is 4.39. The minimum atomic E-state index is -3.96. The van der Waals surface area contributed by atoms with E-state index in [2.05, 4.69) is 52.2 Å². The number of piperidine rings is 1. The molecule has 4 unspecified atom stereocenters. The Morgan fingerprint density at radius 3 is 2.43 bits per heavy atom. The van der Waals surface area contributed by atoms with Gasteiger partial charge in [-0.3, -0.25) is 9.59 Å². The first-order valence-corrected chi connectivity index (χ1v) is 20.6. The topological polar surface area (TPSA) is 104 Å². The highest BCUT2D eigenvalue weighted by atomic mass is 32.2. The van der Waals surface area contributed by atoms with Crippen LogP contribution in [0.4, 0.5) is 0 Å². The first kappa shape index (κ1) is 34.7. The number of hydrogen-bond donors (Lipinski definition) is 1. The van der Waals surface area contributed by atoms with E-state index < -0.39 is 21.5 Å². The number of carbonyl (C=O) groups excluding carboxylic acids is 2. The molecule has 8 rings (SSSR count). The second-order valence-corrected chi connectivity index (χ2v) is 17.9. The zero-order valence-corrected chi connectivity index (χ0v) is 31.4. The van der Waals surface area contributed by atoms with Crippen molar-refractivity contribution in [2.75, 3.05) is 40.8 Å². The Kier molecular flexibility index (Phi) is 8.98. The van der Waals surface area contributed by atoms with E-state index >= 15 is 4.79 Å². The standard InChI is InChI=1S/C40H53N5O5S/c1-26-13-15-29(24-42(2)3)45(26)39(47)40-23-34(40)33-22-30(50-4)16-18-31(33)37-36(27-11-7-5-8-12-27)32-17-14-28(21-35(32)44(37)25-40)38(46)41-51(48,49)43-19-9-6-10-20-43/h14,16-18,21-22,26-27,29,34H,5-13,15,19-20,23-25H2,1-4H3,(H,41,46). The molecule has 0 bridgehead atoms. The average Bonchev–Trinajstić information content (AvgIpc) is 3.67. The second kappa shape index (κ2) is 13.2. The number of likely N-dealkylation sites (tertiary alicyclic amines) is 1. The molecule has 5 aliphatic rings. The number of nitrogens with one attached hydrogen (secondary N) is 1. The van der Waals surface area contributed by atoms with E-state index in [1.807, 2.05) is 18.2 Å². The lowest BCUT2D eigenvalue weighted by Gasteiger charge is -2.34. The number of amides is 2. The molecule has 274 valence electrons. The van der Waals surface area contributed by atoms with Gasteiger partial charge in [-0.15, -0.1) is 0 Å². The van der Waals surface area contributed by atoms with E-state index in [9.17, 15) is 13.2 Å². The van der Waals surface area contributed by atoms with Gasteiger partial charge in [0.25, 0.3) is 5.91 Å². The monoisotopic (exact) mass is 715 g/mol. The Balaban J connectivity index is 1.28. The van der Waals surface area contributed by atoms with Crippen molar-refractivity contribution < 1.29 is 22.7 Å². The van der Waals surface area contributed by atoms with Crippen LogP contribution >= 0.6 is 0 Å². The van der Waals surface area contributed by atoms with Crippen molar-refractivity contribution in [2.24, 2.45) is 5.41 Å². The molecule has 2 aromatic carbocycles. The first-order chi connectivity index (χ1) is 24.5. The van der Waals surface area contributed by atoms with Gasteiger partial charge in [0.05, 0.1) is 18.2 Å². The van der Waals surface area contributed by atoms with Crippen LogP contribution in [0, 0.1) is 5.41 Å². The lowest BCUT2D eigenvalue weighted by Crippen LogP contribution is -2.48. The van der Waals surface area contributed by atoms with Crippen LogP contribution < -0.4 is 9.46 Å². The van der Waals surface area contributed by atoms with E-state index in [1.54, 1.807) is 13.2 Å². The molecule has 10 nitrogen and oxygen atoms in total. The quantitative estimate of drug-likeness (QED) is 0.296. The van der Waals surface area contributed by atoms with Gasteiger partial charge in [-0.05, 0) is 113 Å². The molecule has 3 aliphatic heterocycles. The third kappa shape index (κ3) is 5.97. The van der Waals surface area contributed by atoms with E-state index in [-0.39, 0.29) is 23.9 Å². The average molecular weight is 716 g/mol. The largest absolute Gasteiger partial charge is 0.497 e. The fourth-order valence-electron chi connectivity index (χ4n) is 10.1. The van der Waals surface area contributed by atoms with Crippen LogP contribution in [-0.2, 0) is 21.5 Å². The van der Waals surface area contributed by atoms with E-state index in [4.69, 9.17) is 4.74 Å². The summed E-state index contributed by atoms with van der Waals surface area (Å²) in [5, 5.41) is 1.09. The number of benzene rings is 2. The van der Waals surface area contributed by atoms with Gasteiger partial charge in [-0.1, -0.05) is 31.7 Å². The molecule has 2 aliphatic carbocycles. The number of carbonyl (C=O) groups is 2. The number of ether oxygens (including phenoxy) is 1. The Morgan fingerprint density at radius 1 is 0.961 bits per heavy atom. The number of nitrogens with zero attached hydrogens (tertiary/aromatic N) is 4. The van der Waals surface area contributed by atoms with Crippen molar-refractivity contribution in [3.63, 3.8) is 0 Å². The predicted molar refractivity (Wildman–Crippen MR) is 199 cm³/mol. The Bertz CT molecular complexity index is 1960. The fourth-order valence-corrected chi connectivity index (χ4v) is 11.3. The lowest BCUT2D eigenvalue weighted by atomic mass is 9.81. The summed E-state index contributed by atoms with van der Waals surface area (Å²) in [7, 11) is 1.90. The van der Waals surface area contributed by atoms with Crippen molar-refractivity contribution in [1.29, 1.82) is 0 Å². The highest BCUT2D eigenvalue weighted by molar-refractivity contribution is 7.87. The van der Waals surface area contributed by atoms with Crippen LogP contribution in [0.1, 0.15) is 111 Å². The van der Waals surface area contributed by atoms with Crippen molar-refractivity contribution in [3.05, 3.63) is 53.1 Å². The van der Waals surface area contributed by atoms with Crippen molar-refractivity contribution >= 4 is 32.9 Å². The van der Waals surface area contributed by atoms with Gasteiger partial charge in [-0.25, -0.2) is 4.72 Å². The molecule has 0 spiro atoms. The SMILES string of the molecule is COc1ccc2c(c1)C1CC1(C(=O)N1C(C)CCC1CN(C)C)Cn1c-2c(C2CCCCC2)c2ccc(C(=O)NS(=O)(=O)N3CCCCC3)cc21. The van der Waals surface area contributed by atoms with Gasteiger partial charge in [0.2, 0.25) is 5.91 Å². The molecule has 4 heterocycles. The molecule has 2 saturated carbocycles. The van der Waals surface area contributed by atoms with E-state index in [0.717, 1.165) is 85.8 Å². The molecule has 0 radical (unpaired) electrons. The highest BCUT2D eigenvalue weighted by Crippen LogP contribution is 2.66. The summed E-state index contributed by atoms with van der Waals surface area (Å²) >= 11 is 0. The molecular formula is C40H53N5O5S. The van der Waals surface area contributed by atoms with Gasteiger partial charge >= 0.3 is 10.2 Å². The van der Waals surface area contributed by atoms with Gasteiger partial charge < -0.3 is 19.1 Å². The fraction of sp³-hybridized carbons (Fsp3) is 0.600. The third-order valence-electron chi connectivity index (χ3n) is 12.7. The molecule has 4 fully saturated rings. The van der Waals surface area contributed by atoms with Crippen molar-refractivity contribution in [3.8, 4) is 17.0 Å². The molecule has 3 aromatic rings. The molecular weight excluding hydrogens is 663 g/mol. The number of methoxy groups -OCH3 is 1. The van der Waals surface area contributed by atoms with Crippen molar-refractivity contribution in [2.45, 2.75) is 108 Å². The zero-order chi connectivity index (χ0) is 35.7. The summed E-state index contributed by atoms with van der Waals surface area (Å²) < 4.78 is 38.4. The summed E-state index contributed by atoms with van der Waals surface area (Å²) in [6.07, 6.45) is 11.1. The molecule has 51 heavy (non-hydrogen) atoms. The van der Waals surface area contributed by atoms with Crippen LogP contribution in [0.5, 0.6) is 5.75 Å². The summed E-state index contributed by atoms with van der Waals surface area (Å²) in [5.74, 6) is 0.811. The van der Waals surface area contributed by atoms with Crippen LogP contribution in [-0.4, -0.2) is 91.8 Å². The maximum atomic E-state index is 15.1. The first-order valence-electron chi connectivity index (χ1n) is 19.2. The van der Waals surface area contributed by atoms with Crippen LogP contribution in [0.3, 0.4) is 0 Å². The number of fused-ring (bicyclic) bond motifs is 7. The van der Waals surface area contributed by atoms with Crippen LogP contribution in [0.2, 0.25) is 0 Å². The number of aromatic nitrogens is 1. The molecule has 1 N–H and O–H groups in total. The Labute approximate surface area is 302 Å². The molecule has 1 aromatic heterocycles. The Hall–Kier alpha value is -3.41. The van der Waals surface area contributed by atoms with Gasteiger partial charge in [0.1, 0.15) is 5.75 Å². The van der Waals surface area contributed by atoms with Gasteiger partial charge in [0, 0.05) is 66.2 Å². The number of hydrogen-bond acceptors (Lipinski definition) is 6. The highest BCUT2D eigenvalue weighted by Gasteiger charge is 2.65. The second-order valence-electron chi connectivity index (χ2n) is 16.2. The smallest absolute Gasteiger partial charge is 0.304 e. The molecule has 11 heteroatoms. The van der Waals surface area contributed by atoms with Crippen molar-refractivity contribution in [1.82, 2.24) is 23.4 Å². The van der Waals surface area contributed by atoms with Gasteiger partial charge in [0.15, 0.2) is 0 Å². The maximum absolute atomic E-state index is 15.1. The number of likely N-dealkylation sites (N-methyl/N-ethyl adjacent to an activating group) is 1. The summed E-state index contributed by atoms with van der Waals surface area (Å²) in [4.78, 5) is 33.3. The summed E-state index contributed by atoms with van der Waals surface area (Å²) in [5.41, 5.74) is 5.34. The molecule has 2 saturated heterocycles. The number of rotatable bonds is 8. The molecule has 2 amide bonds. The third-order valence-corrected chi connectivity index (χ3v) is 14.2. The van der Waals surface area contributed by atoms with Crippen LogP contribution in [0.25, 0.3) is 22.2 Å². The normalized spacial score (nSPS) is 26.8. The maximum Gasteiger partial charge on any atom is 0.304 e. The molecule has 4 atom stereocenters. The minimum absolute atomic E-state index is 0.0539. The summed E-state index contributed by atoms with van der Waals surface area (Å²) in [6, 6.07) is 12.4. The van der Waals surface area contributed by atoms with E-state index in [0.29, 0.717) is 31.1 Å². The van der Waals surface area contributed by atoms with E-state index in [1.165, 1.54) is 34.7 Å². The van der Waals surface area contributed by atoms with Crippen LogP contribution in [0.15, 0.2) is 36.4 Å². The predicted octanol–water partition coefficient (Wildman–Crippen LogP) is 6.25. The Morgan fingerprint density at radius 2 is 1.71 bits per heavy atom. The minimum Gasteiger partial charge on any atom is -0.497 e. The zero-order valence-electron chi connectivity index (χ0n) is 30.6.